The van der Waals surface area contributed by atoms with Crippen LogP contribution in [0.25, 0.3) is 11.3 Å². The molecule has 0 radical (unpaired) electrons. The van der Waals surface area contributed by atoms with Crippen molar-refractivity contribution in [3.63, 3.8) is 0 Å². The van der Waals surface area contributed by atoms with Gasteiger partial charge in [-0.05, 0) is 33.0 Å². The van der Waals surface area contributed by atoms with Crippen LogP contribution in [0.1, 0.15) is 18.2 Å². The minimum absolute atomic E-state index is 0.0743. The van der Waals surface area contributed by atoms with Crippen molar-refractivity contribution in [1.82, 2.24) is 19.7 Å². The number of hydrogen-bond donors (Lipinski definition) is 1. The Labute approximate surface area is 171 Å². The molecule has 0 aliphatic heterocycles. The molecule has 27 heavy (non-hydrogen) atoms. The Hall–Kier alpha value is -2.03. The number of hydrogen-bond acceptors (Lipinski definition) is 5. The fourth-order valence-corrected chi connectivity index (χ4v) is 3.79. The molecule has 0 unspecified atom stereocenters. The van der Waals surface area contributed by atoms with E-state index in [0.29, 0.717) is 18.2 Å². The van der Waals surface area contributed by atoms with Crippen molar-refractivity contribution in [2.45, 2.75) is 26.9 Å². The van der Waals surface area contributed by atoms with Crippen LogP contribution >= 0.6 is 27.3 Å². The number of halogens is 1. The highest BCUT2D eigenvalue weighted by atomic mass is 79.9. The van der Waals surface area contributed by atoms with E-state index < -0.39 is 0 Å². The lowest BCUT2D eigenvalue weighted by atomic mass is 10.2. The van der Waals surface area contributed by atoms with Crippen LogP contribution in [-0.2, 0) is 17.9 Å². The van der Waals surface area contributed by atoms with E-state index in [1.54, 1.807) is 0 Å². The summed E-state index contributed by atoms with van der Waals surface area (Å²) < 4.78 is 2.99. The summed E-state index contributed by atoms with van der Waals surface area (Å²) in [6.07, 6.45) is 1.87. The molecule has 0 saturated carbocycles. The zero-order valence-electron chi connectivity index (χ0n) is 15.6. The molecule has 1 N–H and O–H groups in total. The summed E-state index contributed by atoms with van der Waals surface area (Å²) in [7, 11) is 1.93. The fourth-order valence-electron chi connectivity index (χ4n) is 2.79. The second-order valence-electron chi connectivity index (χ2n) is 6.34. The highest BCUT2D eigenvalue weighted by molar-refractivity contribution is 9.10. The quantitative estimate of drug-likeness (QED) is 0.590. The molecule has 0 saturated heterocycles. The van der Waals surface area contributed by atoms with Gasteiger partial charge in [-0.15, -0.1) is 11.3 Å². The van der Waals surface area contributed by atoms with Gasteiger partial charge in [0.1, 0.15) is 0 Å². The summed E-state index contributed by atoms with van der Waals surface area (Å²) in [5, 5.41) is 9.80. The molecule has 0 spiro atoms. The summed E-state index contributed by atoms with van der Waals surface area (Å²) >= 11 is 4.86. The molecular weight excluding hydrogens is 426 g/mol. The van der Waals surface area contributed by atoms with E-state index in [1.165, 1.54) is 11.3 Å². The number of anilines is 1. The number of aromatic nitrogens is 3. The smallest absolute Gasteiger partial charge is 0.240 e. The van der Waals surface area contributed by atoms with Crippen LogP contribution < -0.4 is 5.32 Å². The molecule has 0 atom stereocenters. The van der Waals surface area contributed by atoms with Crippen molar-refractivity contribution >= 4 is 38.3 Å². The number of carbonyl (C=O) groups is 1. The zero-order valence-corrected chi connectivity index (χ0v) is 18.0. The maximum absolute atomic E-state index is 12.3. The molecule has 2 heterocycles. The lowest BCUT2D eigenvalue weighted by Gasteiger charge is -2.15. The number of benzene rings is 1. The SMILES string of the molecule is CCn1ncc(CN(C)CC(=O)Nc2nc(-c3ccc(Br)cc3)cs2)c1C. The molecular formula is C19H22BrN5OS. The fraction of sp³-hybridized carbons (Fsp3) is 0.316. The molecule has 6 nitrogen and oxygen atoms in total. The zero-order chi connectivity index (χ0) is 19.4. The Morgan fingerprint density at radius 1 is 1.33 bits per heavy atom. The van der Waals surface area contributed by atoms with E-state index >= 15 is 0 Å². The van der Waals surface area contributed by atoms with Crippen LogP contribution in [0.5, 0.6) is 0 Å². The number of rotatable bonds is 7. The van der Waals surface area contributed by atoms with Gasteiger partial charge in [-0.25, -0.2) is 4.98 Å². The van der Waals surface area contributed by atoms with Gasteiger partial charge < -0.3 is 5.32 Å². The Morgan fingerprint density at radius 3 is 2.74 bits per heavy atom. The van der Waals surface area contributed by atoms with Gasteiger partial charge >= 0.3 is 0 Å². The normalized spacial score (nSPS) is 11.1. The standard InChI is InChI=1S/C19H22BrN5OS/c1-4-25-13(2)15(9-21-25)10-24(3)11-18(26)23-19-22-17(12-27-19)14-5-7-16(20)8-6-14/h5-9,12H,4,10-11H2,1-3H3,(H,22,23,26). The number of nitrogens with zero attached hydrogens (tertiary/aromatic N) is 4. The first-order valence-corrected chi connectivity index (χ1v) is 10.3. The van der Waals surface area contributed by atoms with Crippen molar-refractivity contribution < 1.29 is 4.79 Å². The topological polar surface area (TPSA) is 63.1 Å². The molecule has 142 valence electrons. The third kappa shape index (κ3) is 5.03. The summed E-state index contributed by atoms with van der Waals surface area (Å²) in [5.74, 6) is -0.0743. The number of amides is 1. The van der Waals surface area contributed by atoms with Crippen LogP contribution in [0.2, 0.25) is 0 Å². The monoisotopic (exact) mass is 447 g/mol. The number of nitrogens with one attached hydrogen (secondary N) is 1. The van der Waals surface area contributed by atoms with Gasteiger partial charge in [0.15, 0.2) is 5.13 Å². The van der Waals surface area contributed by atoms with E-state index in [0.717, 1.165) is 33.5 Å². The molecule has 0 aliphatic carbocycles. The van der Waals surface area contributed by atoms with E-state index in [-0.39, 0.29) is 5.91 Å². The van der Waals surface area contributed by atoms with Crippen molar-refractivity contribution in [1.29, 1.82) is 0 Å². The van der Waals surface area contributed by atoms with Gasteiger partial charge in [0.25, 0.3) is 0 Å². The Kier molecular flexibility index (Phi) is 6.41. The summed E-state index contributed by atoms with van der Waals surface area (Å²) in [6.45, 7) is 5.95. The number of carbonyl (C=O) groups excluding carboxylic acids is 1. The van der Waals surface area contributed by atoms with Crippen molar-refractivity contribution in [3.05, 3.63) is 51.6 Å². The summed E-state index contributed by atoms with van der Waals surface area (Å²) in [6, 6.07) is 7.95. The average molecular weight is 448 g/mol. The Morgan fingerprint density at radius 2 is 2.07 bits per heavy atom. The molecule has 3 aromatic rings. The van der Waals surface area contributed by atoms with Gasteiger partial charge in [0.2, 0.25) is 5.91 Å². The number of thiazole rings is 1. The van der Waals surface area contributed by atoms with E-state index in [2.05, 4.69) is 45.2 Å². The van der Waals surface area contributed by atoms with E-state index in [4.69, 9.17) is 0 Å². The van der Waals surface area contributed by atoms with Crippen LogP contribution in [0.3, 0.4) is 0 Å². The van der Waals surface area contributed by atoms with Crippen LogP contribution in [0.15, 0.2) is 40.3 Å². The molecule has 2 aromatic heterocycles. The Bertz CT molecular complexity index is 919. The molecule has 1 aromatic carbocycles. The second-order valence-corrected chi connectivity index (χ2v) is 8.11. The van der Waals surface area contributed by atoms with E-state index in [9.17, 15) is 4.79 Å². The largest absolute Gasteiger partial charge is 0.301 e. The minimum atomic E-state index is -0.0743. The molecule has 0 fully saturated rings. The first-order chi connectivity index (χ1) is 13.0. The first kappa shape index (κ1) is 19.7. The van der Waals surface area contributed by atoms with Gasteiger partial charge in [-0.3, -0.25) is 14.4 Å². The van der Waals surface area contributed by atoms with Gasteiger partial charge in [-0.1, -0.05) is 28.1 Å². The highest BCUT2D eigenvalue weighted by Gasteiger charge is 2.13. The third-order valence-electron chi connectivity index (χ3n) is 4.25. The molecule has 0 bridgehead atoms. The predicted molar refractivity (Wildman–Crippen MR) is 113 cm³/mol. The molecule has 8 heteroatoms. The lowest BCUT2D eigenvalue weighted by Crippen LogP contribution is -2.30. The molecule has 1 amide bonds. The second kappa shape index (κ2) is 8.77. The van der Waals surface area contributed by atoms with Gasteiger partial charge in [0.05, 0.1) is 18.4 Å². The van der Waals surface area contributed by atoms with Gasteiger partial charge in [-0.2, -0.15) is 5.10 Å². The average Bonchev–Trinajstić information content (AvgIpc) is 3.22. The number of aryl methyl sites for hydroxylation is 1. The first-order valence-electron chi connectivity index (χ1n) is 8.67. The van der Waals surface area contributed by atoms with Gasteiger partial charge in [0, 0.05) is 39.8 Å². The summed E-state index contributed by atoms with van der Waals surface area (Å²) in [4.78, 5) is 18.8. The lowest BCUT2D eigenvalue weighted by molar-refractivity contribution is -0.117. The van der Waals surface area contributed by atoms with Crippen molar-refractivity contribution in [2.75, 3.05) is 18.9 Å². The Balaban J connectivity index is 1.56. The molecule has 3 rings (SSSR count). The van der Waals surface area contributed by atoms with Crippen molar-refractivity contribution in [2.24, 2.45) is 0 Å². The summed E-state index contributed by atoms with van der Waals surface area (Å²) in [5.41, 5.74) is 4.16. The third-order valence-corrected chi connectivity index (χ3v) is 5.54. The van der Waals surface area contributed by atoms with E-state index in [1.807, 2.05) is 52.5 Å². The van der Waals surface area contributed by atoms with Crippen LogP contribution in [-0.4, -0.2) is 39.2 Å². The number of likely N-dealkylation sites (N-methyl/N-ethyl adjacent to an activating group) is 1. The van der Waals surface area contributed by atoms with Crippen molar-refractivity contribution in [3.8, 4) is 11.3 Å². The van der Waals surface area contributed by atoms with Crippen LogP contribution in [0.4, 0.5) is 5.13 Å². The molecule has 0 aliphatic rings. The maximum atomic E-state index is 12.3. The minimum Gasteiger partial charge on any atom is -0.301 e. The van der Waals surface area contributed by atoms with Crippen LogP contribution in [0, 0.1) is 6.92 Å². The maximum Gasteiger partial charge on any atom is 0.240 e. The predicted octanol–water partition coefficient (Wildman–Crippen LogP) is 4.17. The highest BCUT2D eigenvalue weighted by Crippen LogP contribution is 2.26.